The zero-order valence-electron chi connectivity index (χ0n) is 13.1. The van der Waals surface area contributed by atoms with E-state index in [0.717, 1.165) is 4.74 Å². The van der Waals surface area contributed by atoms with Crippen LogP contribution in [0.25, 0.3) is 0 Å². The highest BCUT2D eigenvalue weighted by atomic mass is 19.4. The highest BCUT2D eigenvalue weighted by Crippen LogP contribution is 2.59. The normalized spacial score (nSPS) is 16.1. The van der Waals surface area contributed by atoms with E-state index in [1.807, 2.05) is 0 Å². The average Bonchev–Trinajstić information content (AvgIpc) is 2.52. The minimum absolute atomic E-state index is 1.06. The molecule has 0 unspecified atom stereocenters. The summed E-state index contributed by atoms with van der Waals surface area (Å²) in [6.45, 7) is 0. The van der Waals surface area contributed by atoms with Crippen molar-refractivity contribution in [1.29, 1.82) is 0 Å². The maximum Gasteiger partial charge on any atom is 0.430 e. The van der Waals surface area contributed by atoms with E-state index in [0.29, 0.717) is 0 Å². The molecule has 0 rings (SSSR count). The molecule has 21 heteroatoms. The number of hydrogen-bond donors (Lipinski definition) is 1. The highest BCUT2D eigenvalue weighted by Gasteiger charge is 2.90. The van der Waals surface area contributed by atoms with Crippen LogP contribution >= 0.6 is 0 Å². The van der Waals surface area contributed by atoms with Gasteiger partial charge in [-0.25, -0.2) is 18.3 Å². The van der Waals surface area contributed by atoms with Crippen LogP contribution in [0.1, 0.15) is 0 Å². The fourth-order valence-electron chi connectivity index (χ4n) is 1.33. The third-order valence-electron chi connectivity index (χ3n) is 3.13. The molecule has 1 N–H and O–H groups in total. The maximum absolute atomic E-state index is 13.1. The Labute approximate surface area is 155 Å². The van der Waals surface area contributed by atoms with Crippen LogP contribution in [-0.4, -0.2) is 65.3 Å². The molecule has 0 bridgehead atoms. The van der Waals surface area contributed by atoms with E-state index in [1.165, 1.54) is 0 Å². The molecule has 0 heterocycles. The Morgan fingerprint density at radius 2 is 0.903 bits per heavy atom. The van der Waals surface area contributed by atoms with Gasteiger partial charge in [0.1, 0.15) is 0 Å². The summed E-state index contributed by atoms with van der Waals surface area (Å²) in [4.78, 5) is 9.82. The van der Waals surface area contributed by atoms with Gasteiger partial charge in [-0.3, -0.25) is 0 Å². The maximum atomic E-state index is 13.1. The molecule has 186 valence electrons. The van der Waals surface area contributed by atoms with E-state index < -0.39 is 60.1 Å². The molecule has 0 amide bonds. The molecular formula is C10H2F18O3. The monoisotopic (exact) mass is 512 g/mol. The molecule has 0 aliphatic carbocycles. The van der Waals surface area contributed by atoms with E-state index in [1.54, 1.807) is 0 Å². The van der Waals surface area contributed by atoms with Crippen molar-refractivity contribution >= 4 is 5.97 Å². The van der Waals surface area contributed by atoms with Crippen LogP contribution in [0.3, 0.4) is 0 Å². The van der Waals surface area contributed by atoms with Crippen LogP contribution in [0, 0.1) is 0 Å². The first kappa shape index (κ1) is 29.2. The lowest BCUT2D eigenvalue weighted by Crippen LogP contribution is -2.70. The highest BCUT2D eigenvalue weighted by molar-refractivity contribution is 5.77. The fourth-order valence-corrected chi connectivity index (χ4v) is 1.33. The first-order chi connectivity index (χ1) is 13.1. The van der Waals surface area contributed by atoms with Crippen molar-refractivity contribution in [2.75, 3.05) is 0 Å². The predicted octanol–water partition coefficient (Wildman–Crippen LogP) is 5.35. The van der Waals surface area contributed by atoms with E-state index in [4.69, 9.17) is 5.11 Å². The molecule has 0 aromatic rings. The molecule has 31 heavy (non-hydrogen) atoms. The van der Waals surface area contributed by atoms with Gasteiger partial charge in [-0.05, 0) is 0 Å². The van der Waals surface area contributed by atoms with Gasteiger partial charge in [0, 0.05) is 0 Å². The zero-order valence-corrected chi connectivity index (χ0v) is 13.1. The van der Waals surface area contributed by atoms with Gasteiger partial charge < -0.3 is 5.11 Å². The lowest BCUT2D eigenvalue weighted by Gasteiger charge is -2.39. The second-order valence-corrected chi connectivity index (χ2v) is 5.24. The van der Waals surface area contributed by atoms with Crippen LogP contribution in [0.2, 0.25) is 0 Å². The molecule has 0 spiro atoms. The Balaban J connectivity index is 6.47. The summed E-state index contributed by atoms with van der Waals surface area (Å²) in [6, 6.07) is 0. The van der Waals surface area contributed by atoms with Crippen molar-refractivity contribution in [1.82, 2.24) is 0 Å². The summed E-state index contributed by atoms with van der Waals surface area (Å²) in [5.41, 5.74) is 0. The largest absolute Gasteiger partial charge is 0.477 e. The van der Waals surface area contributed by atoms with Gasteiger partial charge in [0.2, 0.25) is 0 Å². The van der Waals surface area contributed by atoms with Gasteiger partial charge >= 0.3 is 60.1 Å². The van der Waals surface area contributed by atoms with Gasteiger partial charge in [0.25, 0.3) is 0 Å². The van der Waals surface area contributed by atoms with Crippen molar-refractivity contribution in [3.63, 3.8) is 0 Å². The van der Waals surface area contributed by atoms with Crippen molar-refractivity contribution in [2.24, 2.45) is 0 Å². The van der Waals surface area contributed by atoms with Crippen LogP contribution < -0.4 is 0 Å². The zero-order chi connectivity index (χ0) is 25.9. The third-order valence-corrected chi connectivity index (χ3v) is 3.13. The van der Waals surface area contributed by atoms with Gasteiger partial charge in [0.15, 0.2) is 0 Å². The molecule has 0 radical (unpaired) electrons. The lowest BCUT2D eigenvalue weighted by atomic mass is 9.97. The molecule has 0 atom stereocenters. The van der Waals surface area contributed by atoms with Gasteiger partial charge in [0.05, 0.1) is 0 Å². The molecule has 0 saturated carbocycles. The number of halogens is 18. The molecule has 0 aliphatic rings. The Morgan fingerprint density at radius 3 is 1.19 bits per heavy atom. The second kappa shape index (κ2) is 7.36. The summed E-state index contributed by atoms with van der Waals surface area (Å²) >= 11 is 0. The number of rotatable bonds is 10. The summed E-state index contributed by atoms with van der Waals surface area (Å²) in [5.74, 6) is -52.0. The number of alkyl halides is 18. The van der Waals surface area contributed by atoms with Gasteiger partial charge in [-0.1, -0.05) is 0 Å². The summed E-state index contributed by atoms with van der Waals surface area (Å²) in [5, 5.41) is 7.64. The molecule has 0 saturated heterocycles. The first-order valence-electron chi connectivity index (χ1n) is 6.33. The molecule has 3 nitrogen and oxygen atoms in total. The molecule has 0 aromatic carbocycles. The van der Waals surface area contributed by atoms with Crippen LogP contribution in [0.4, 0.5) is 79.0 Å². The van der Waals surface area contributed by atoms with Crippen molar-refractivity contribution < 1.29 is 93.7 Å². The molecule has 0 aliphatic heterocycles. The number of hydrogen-bond acceptors (Lipinski definition) is 2. The third kappa shape index (κ3) is 3.92. The van der Waals surface area contributed by atoms with Crippen molar-refractivity contribution in [2.45, 2.75) is 54.2 Å². The van der Waals surface area contributed by atoms with Gasteiger partial charge in [-0.2, -0.15) is 70.2 Å². The van der Waals surface area contributed by atoms with Crippen molar-refractivity contribution in [3.05, 3.63) is 0 Å². The number of aliphatic carboxylic acids is 1. The van der Waals surface area contributed by atoms with Crippen LogP contribution in [0.5, 0.6) is 0 Å². The minimum Gasteiger partial charge on any atom is -0.477 e. The molecule has 0 aromatic heterocycles. The Kier molecular flexibility index (Phi) is 6.92. The summed E-state index contributed by atoms with van der Waals surface area (Å²) in [7, 11) is 0. The van der Waals surface area contributed by atoms with E-state index in [2.05, 4.69) is 0 Å². The number of carbonyl (C=O) groups is 1. The van der Waals surface area contributed by atoms with Gasteiger partial charge in [-0.15, -0.1) is 0 Å². The van der Waals surface area contributed by atoms with E-state index >= 15 is 0 Å². The van der Waals surface area contributed by atoms with Crippen LogP contribution in [0.15, 0.2) is 0 Å². The van der Waals surface area contributed by atoms with E-state index in [-0.39, 0.29) is 0 Å². The van der Waals surface area contributed by atoms with Crippen molar-refractivity contribution in [3.8, 4) is 0 Å². The number of ether oxygens (including phenoxy) is 1. The Hall–Kier alpha value is -1.83. The first-order valence-corrected chi connectivity index (χ1v) is 6.33. The Bertz CT molecular complexity index is 682. The second-order valence-electron chi connectivity index (χ2n) is 5.24. The average molecular weight is 512 g/mol. The van der Waals surface area contributed by atoms with Crippen LogP contribution in [-0.2, 0) is 9.53 Å². The standard InChI is InChI=1S/C10H2F18O3/c11-1(12)3(13,14)6(19,20)9(25,26)31-10(27,28)8(23,24)7(21,22)5(17,18)4(15,16)2(29)30/h1H,(H,29,30). The van der Waals surface area contributed by atoms with E-state index in [9.17, 15) is 83.8 Å². The molecule has 0 fully saturated rings. The summed E-state index contributed by atoms with van der Waals surface area (Å²) < 4.78 is 230. The minimum atomic E-state index is -8.47. The molecular weight excluding hydrogens is 510 g/mol. The fraction of sp³-hybridized carbons (Fsp3) is 0.900. The quantitative estimate of drug-likeness (QED) is 0.402. The number of carboxylic acids is 1. The Morgan fingerprint density at radius 1 is 0.581 bits per heavy atom. The SMILES string of the molecule is O=C(O)C(F)(F)C(F)(F)C(F)(F)C(F)(F)C(F)(F)OC(F)(F)C(F)(F)C(F)(F)C(F)F. The predicted molar refractivity (Wildman–Crippen MR) is 54.3 cm³/mol. The summed E-state index contributed by atoms with van der Waals surface area (Å²) in [6.07, 6.45) is -22.0. The number of carboxylic acid groups (broad SMARTS) is 1. The lowest BCUT2D eigenvalue weighted by molar-refractivity contribution is -0.514. The smallest absolute Gasteiger partial charge is 0.430 e. The topological polar surface area (TPSA) is 46.5 Å².